The molecule has 0 aliphatic heterocycles. The fourth-order valence-electron chi connectivity index (χ4n) is 2.14. The second kappa shape index (κ2) is 6.07. The van der Waals surface area contributed by atoms with E-state index < -0.39 is 6.29 Å². The van der Waals surface area contributed by atoms with Crippen LogP contribution < -0.4 is 5.32 Å². The van der Waals surface area contributed by atoms with Crippen LogP contribution in [0.15, 0.2) is 16.7 Å². The zero-order valence-corrected chi connectivity index (χ0v) is 12.9. The van der Waals surface area contributed by atoms with Crippen molar-refractivity contribution in [2.45, 2.75) is 38.1 Å². The van der Waals surface area contributed by atoms with Crippen molar-refractivity contribution in [3.05, 3.63) is 22.4 Å². The predicted octanol–water partition coefficient (Wildman–Crippen LogP) is 2.32. The maximum Gasteiger partial charge on any atom is 0.268 e. The molecule has 1 aromatic rings. The van der Waals surface area contributed by atoms with Crippen LogP contribution in [0.1, 0.15) is 36.3 Å². The molecule has 0 aromatic carbocycles. The first kappa shape index (κ1) is 14.6. The quantitative estimate of drug-likeness (QED) is 0.814. The van der Waals surface area contributed by atoms with Crippen LogP contribution in [0.5, 0.6) is 0 Å². The summed E-state index contributed by atoms with van der Waals surface area (Å²) in [6.45, 7) is 1.86. The maximum absolute atomic E-state index is 12.3. The highest BCUT2D eigenvalue weighted by atomic mass is 79.9. The van der Waals surface area contributed by atoms with Gasteiger partial charge in [-0.2, -0.15) is 0 Å². The highest BCUT2D eigenvalue weighted by molar-refractivity contribution is 9.10. The molecule has 1 fully saturated rings. The van der Waals surface area contributed by atoms with E-state index in [0.717, 1.165) is 17.3 Å². The fraction of sp³-hybridized carbons (Fsp3) is 0.615. The van der Waals surface area contributed by atoms with Crippen molar-refractivity contribution < 1.29 is 14.3 Å². The molecule has 1 N–H and O–H groups in total. The Bertz CT molecular complexity index is 453. The third-order valence-electron chi connectivity index (χ3n) is 3.22. The Morgan fingerprint density at radius 1 is 1.47 bits per heavy atom. The Morgan fingerprint density at radius 2 is 2.11 bits per heavy atom. The first-order chi connectivity index (χ1) is 9.06. The molecule has 1 unspecified atom stereocenters. The molecular formula is C13H19BrN2O3. The summed E-state index contributed by atoms with van der Waals surface area (Å²) in [6.07, 6.45) is 3.78. The number of carbonyl (C=O) groups excluding carboxylic acids is 1. The number of amides is 1. The summed E-state index contributed by atoms with van der Waals surface area (Å²) in [6, 6.07) is 2.08. The Morgan fingerprint density at radius 3 is 2.63 bits per heavy atom. The first-order valence-corrected chi connectivity index (χ1v) is 7.10. The third-order valence-corrected chi connectivity index (χ3v) is 3.65. The molecule has 5 nitrogen and oxygen atoms in total. The molecule has 0 radical (unpaired) electrons. The van der Waals surface area contributed by atoms with E-state index in [0.29, 0.717) is 11.7 Å². The zero-order chi connectivity index (χ0) is 14.0. The van der Waals surface area contributed by atoms with Gasteiger partial charge in [0.05, 0.1) is 6.04 Å². The summed E-state index contributed by atoms with van der Waals surface area (Å²) in [4.78, 5) is 12.3. The second-order valence-corrected chi connectivity index (χ2v) is 5.70. The van der Waals surface area contributed by atoms with Crippen LogP contribution in [0, 0.1) is 0 Å². The fourth-order valence-corrected chi connectivity index (χ4v) is 2.57. The molecule has 1 amide bonds. The van der Waals surface area contributed by atoms with Crippen molar-refractivity contribution >= 4 is 21.8 Å². The number of nitrogens with one attached hydrogen (secondary N) is 1. The summed E-state index contributed by atoms with van der Waals surface area (Å²) >= 11 is 3.42. The molecule has 106 valence electrons. The summed E-state index contributed by atoms with van der Waals surface area (Å²) in [7, 11) is 3.11. The molecule has 2 rings (SSSR count). The molecule has 1 saturated carbocycles. The van der Waals surface area contributed by atoms with Gasteiger partial charge < -0.3 is 19.4 Å². The van der Waals surface area contributed by atoms with Crippen LogP contribution in [-0.2, 0) is 9.47 Å². The number of hydrogen-bond donors (Lipinski definition) is 1. The minimum Gasteiger partial charge on any atom is -0.354 e. The van der Waals surface area contributed by atoms with Gasteiger partial charge in [-0.05, 0) is 41.8 Å². The molecule has 1 heterocycles. The average Bonchev–Trinajstić information content (AvgIpc) is 3.13. The Labute approximate surface area is 121 Å². The van der Waals surface area contributed by atoms with Crippen LogP contribution in [-0.4, -0.2) is 37.0 Å². The average molecular weight is 331 g/mol. The highest BCUT2D eigenvalue weighted by Crippen LogP contribution is 2.37. The minimum absolute atomic E-state index is 0.107. The standard InChI is InChI=1S/C13H19BrN2O3/c1-8(13(18-2)19-3)15-12(17)11-6-9(14)7-16(11)10-4-5-10/h6-8,10,13H,4-5H2,1-3H3,(H,15,17). The molecule has 0 bridgehead atoms. The van der Waals surface area contributed by atoms with Gasteiger partial charge in [-0.15, -0.1) is 0 Å². The molecule has 1 aromatic heterocycles. The van der Waals surface area contributed by atoms with Crippen LogP contribution >= 0.6 is 15.9 Å². The van der Waals surface area contributed by atoms with Crippen LogP contribution in [0.2, 0.25) is 0 Å². The van der Waals surface area contributed by atoms with Gasteiger partial charge in [-0.1, -0.05) is 0 Å². The SMILES string of the molecule is COC(OC)C(C)NC(=O)c1cc(Br)cn1C1CC1. The highest BCUT2D eigenvalue weighted by Gasteiger charge is 2.28. The molecule has 1 aliphatic carbocycles. The largest absolute Gasteiger partial charge is 0.354 e. The predicted molar refractivity (Wildman–Crippen MR) is 75.1 cm³/mol. The summed E-state index contributed by atoms with van der Waals surface area (Å²) < 4.78 is 13.2. The van der Waals surface area contributed by atoms with Crippen molar-refractivity contribution in [3.63, 3.8) is 0 Å². The maximum atomic E-state index is 12.3. The van der Waals surface area contributed by atoms with Gasteiger partial charge in [0.1, 0.15) is 5.69 Å². The number of hydrogen-bond acceptors (Lipinski definition) is 3. The van der Waals surface area contributed by atoms with Gasteiger partial charge in [-0.3, -0.25) is 4.79 Å². The second-order valence-electron chi connectivity index (χ2n) is 4.78. The van der Waals surface area contributed by atoms with E-state index in [1.807, 2.05) is 23.8 Å². The number of halogens is 1. The molecule has 0 saturated heterocycles. The Balaban J connectivity index is 2.07. The molecular weight excluding hydrogens is 312 g/mol. The topological polar surface area (TPSA) is 52.5 Å². The zero-order valence-electron chi connectivity index (χ0n) is 11.4. The van der Waals surface area contributed by atoms with E-state index >= 15 is 0 Å². The van der Waals surface area contributed by atoms with Crippen LogP contribution in [0.3, 0.4) is 0 Å². The summed E-state index contributed by atoms with van der Waals surface area (Å²) in [5.41, 5.74) is 0.673. The number of carbonyl (C=O) groups is 1. The number of nitrogens with zero attached hydrogens (tertiary/aromatic N) is 1. The molecule has 0 spiro atoms. The van der Waals surface area contributed by atoms with Gasteiger partial charge in [0.15, 0.2) is 6.29 Å². The lowest BCUT2D eigenvalue weighted by Gasteiger charge is -2.22. The van der Waals surface area contributed by atoms with Crippen molar-refractivity contribution in [3.8, 4) is 0 Å². The normalized spacial score (nSPS) is 16.7. The van der Waals surface area contributed by atoms with E-state index in [4.69, 9.17) is 9.47 Å². The van der Waals surface area contributed by atoms with Crippen molar-refractivity contribution in [1.82, 2.24) is 9.88 Å². The van der Waals surface area contributed by atoms with Gasteiger partial charge in [0.25, 0.3) is 5.91 Å². The lowest BCUT2D eigenvalue weighted by atomic mass is 10.3. The smallest absolute Gasteiger partial charge is 0.268 e. The number of ether oxygens (including phenoxy) is 2. The molecule has 1 aliphatic rings. The lowest BCUT2D eigenvalue weighted by molar-refractivity contribution is -0.117. The van der Waals surface area contributed by atoms with E-state index in [1.165, 1.54) is 0 Å². The Hall–Kier alpha value is -0.850. The van der Waals surface area contributed by atoms with Gasteiger partial charge in [0.2, 0.25) is 0 Å². The van der Waals surface area contributed by atoms with Gasteiger partial charge >= 0.3 is 0 Å². The number of methoxy groups -OCH3 is 2. The summed E-state index contributed by atoms with van der Waals surface area (Å²) in [5, 5.41) is 2.90. The van der Waals surface area contributed by atoms with E-state index in [-0.39, 0.29) is 11.9 Å². The minimum atomic E-state index is -0.447. The van der Waals surface area contributed by atoms with Crippen LogP contribution in [0.4, 0.5) is 0 Å². The number of rotatable bonds is 6. The summed E-state index contributed by atoms with van der Waals surface area (Å²) in [5.74, 6) is -0.107. The molecule has 19 heavy (non-hydrogen) atoms. The molecule has 1 atom stereocenters. The van der Waals surface area contributed by atoms with Crippen molar-refractivity contribution in [1.29, 1.82) is 0 Å². The van der Waals surface area contributed by atoms with Crippen LogP contribution in [0.25, 0.3) is 0 Å². The van der Waals surface area contributed by atoms with E-state index in [2.05, 4.69) is 21.2 Å². The van der Waals surface area contributed by atoms with Crippen molar-refractivity contribution in [2.24, 2.45) is 0 Å². The lowest BCUT2D eigenvalue weighted by Crippen LogP contribution is -2.43. The number of aromatic nitrogens is 1. The van der Waals surface area contributed by atoms with E-state index in [9.17, 15) is 4.79 Å². The van der Waals surface area contributed by atoms with Gasteiger partial charge in [-0.25, -0.2) is 0 Å². The monoisotopic (exact) mass is 330 g/mol. The first-order valence-electron chi connectivity index (χ1n) is 6.30. The van der Waals surface area contributed by atoms with Crippen molar-refractivity contribution in [2.75, 3.05) is 14.2 Å². The van der Waals surface area contributed by atoms with Gasteiger partial charge in [0, 0.05) is 30.9 Å². The third kappa shape index (κ3) is 3.38. The molecule has 6 heteroatoms. The Kier molecular flexibility index (Phi) is 4.65. The van der Waals surface area contributed by atoms with E-state index in [1.54, 1.807) is 14.2 Å².